The highest BCUT2D eigenvalue weighted by atomic mass is 35.5. The molecule has 0 fully saturated rings. The normalized spacial score (nSPS) is 14.0. The Balaban J connectivity index is 3.22. The number of aliphatic hydroxyl groups is 1. The minimum atomic E-state index is -3.69. The van der Waals surface area contributed by atoms with E-state index < -0.39 is 16.1 Å². The average Bonchev–Trinajstić information content (AvgIpc) is 2.25. The number of hydrogen-bond acceptors (Lipinski definition) is 3. The Labute approximate surface area is 111 Å². The summed E-state index contributed by atoms with van der Waals surface area (Å²) in [5.41, 5.74) is 0. The van der Waals surface area contributed by atoms with E-state index in [9.17, 15) is 8.42 Å². The van der Waals surface area contributed by atoms with E-state index in [0.29, 0.717) is 0 Å². The molecule has 0 saturated carbocycles. The Bertz CT molecular complexity index is 484. The lowest BCUT2D eigenvalue weighted by Crippen LogP contribution is -2.37. The van der Waals surface area contributed by atoms with Crippen LogP contribution in [-0.4, -0.2) is 37.5 Å². The van der Waals surface area contributed by atoms with Gasteiger partial charge in [0.15, 0.2) is 0 Å². The van der Waals surface area contributed by atoms with Crippen LogP contribution in [-0.2, 0) is 10.0 Å². The van der Waals surface area contributed by atoms with Gasteiger partial charge in [0, 0.05) is 23.1 Å². The molecule has 7 heteroatoms. The highest BCUT2D eigenvalue weighted by Gasteiger charge is 2.25. The van der Waals surface area contributed by atoms with Crippen molar-refractivity contribution in [3.05, 3.63) is 28.2 Å². The van der Waals surface area contributed by atoms with Crippen LogP contribution >= 0.6 is 23.2 Å². The third-order valence-electron chi connectivity index (χ3n) is 2.40. The summed E-state index contributed by atoms with van der Waals surface area (Å²) in [6.07, 6.45) is 0. The van der Waals surface area contributed by atoms with Crippen molar-refractivity contribution in [1.82, 2.24) is 4.31 Å². The smallest absolute Gasteiger partial charge is 0.243 e. The standard InChI is InChI=1S/C10H13Cl2NO3S/c1-7(6-14)13(2)17(15,16)10-4-8(11)3-9(12)5-10/h3-5,7,14H,6H2,1-2H3. The third-order valence-corrected chi connectivity index (χ3v) is 4.78. The van der Waals surface area contributed by atoms with Crippen molar-refractivity contribution in [3.8, 4) is 0 Å². The molecule has 96 valence electrons. The molecular weight excluding hydrogens is 285 g/mol. The summed E-state index contributed by atoms with van der Waals surface area (Å²) in [5, 5.41) is 9.47. The van der Waals surface area contributed by atoms with Crippen molar-refractivity contribution in [2.45, 2.75) is 17.9 Å². The molecule has 1 rings (SSSR count). The highest BCUT2D eigenvalue weighted by molar-refractivity contribution is 7.89. The van der Waals surface area contributed by atoms with Gasteiger partial charge in [0.2, 0.25) is 10.0 Å². The number of halogens is 2. The zero-order valence-electron chi connectivity index (χ0n) is 9.39. The predicted molar refractivity (Wildman–Crippen MR) is 68.0 cm³/mol. The van der Waals surface area contributed by atoms with E-state index in [4.69, 9.17) is 28.3 Å². The summed E-state index contributed by atoms with van der Waals surface area (Å²) in [6.45, 7) is 1.34. The molecule has 4 nitrogen and oxygen atoms in total. The monoisotopic (exact) mass is 297 g/mol. The Hall–Kier alpha value is -0.330. The summed E-state index contributed by atoms with van der Waals surface area (Å²) in [5.74, 6) is 0. The summed E-state index contributed by atoms with van der Waals surface area (Å²) < 4.78 is 25.3. The second kappa shape index (κ2) is 5.54. The molecule has 17 heavy (non-hydrogen) atoms. The Morgan fingerprint density at radius 1 is 1.29 bits per heavy atom. The first-order chi connectivity index (χ1) is 7.78. The van der Waals surface area contributed by atoms with E-state index in [1.165, 1.54) is 25.2 Å². The zero-order chi connectivity index (χ0) is 13.2. The van der Waals surface area contributed by atoms with Crippen molar-refractivity contribution < 1.29 is 13.5 Å². The fraction of sp³-hybridized carbons (Fsp3) is 0.400. The van der Waals surface area contributed by atoms with Gasteiger partial charge in [0.1, 0.15) is 0 Å². The van der Waals surface area contributed by atoms with Crippen molar-refractivity contribution >= 4 is 33.2 Å². The average molecular weight is 298 g/mol. The van der Waals surface area contributed by atoms with Crippen molar-refractivity contribution in [2.75, 3.05) is 13.7 Å². The van der Waals surface area contributed by atoms with E-state index in [2.05, 4.69) is 0 Å². The SMILES string of the molecule is CC(CO)N(C)S(=O)(=O)c1cc(Cl)cc(Cl)c1. The number of nitrogens with zero attached hydrogens (tertiary/aromatic N) is 1. The first-order valence-electron chi connectivity index (χ1n) is 4.84. The van der Waals surface area contributed by atoms with Gasteiger partial charge in [-0.25, -0.2) is 8.42 Å². The topological polar surface area (TPSA) is 57.6 Å². The summed E-state index contributed by atoms with van der Waals surface area (Å²) in [6, 6.07) is 3.59. The van der Waals surface area contributed by atoms with Crippen LogP contribution < -0.4 is 0 Å². The number of hydrogen-bond donors (Lipinski definition) is 1. The van der Waals surface area contributed by atoms with E-state index >= 15 is 0 Å². The maximum Gasteiger partial charge on any atom is 0.243 e. The molecule has 0 aliphatic heterocycles. The van der Waals surface area contributed by atoms with Crippen molar-refractivity contribution in [1.29, 1.82) is 0 Å². The van der Waals surface area contributed by atoms with Gasteiger partial charge in [0.05, 0.1) is 11.5 Å². The van der Waals surface area contributed by atoms with Crippen molar-refractivity contribution in [2.24, 2.45) is 0 Å². The van der Waals surface area contributed by atoms with E-state index in [-0.39, 0.29) is 21.5 Å². The van der Waals surface area contributed by atoms with Gasteiger partial charge in [-0.05, 0) is 25.1 Å². The molecule has 1 unspecified atom stereocenters. The van der Waals surface area contributed by atoms with E-state index in [1.807, 2.05) is 0 Å². The fourth-order valence-electron chi connectivity index (χ4n) is 1.20. The van der Waals surface area contributed by atoms with Crippen LogP contribution in [0.4, 0.5) is 0 Å². The quantitative estimate of drug-likeness (QED) is 0.925. The molecule has 1 aromatic carbocycles. The molecular formula is C10H13Cl2NO3S. The molecule has 1 atom stereocenters. The maximum absolute atomic E-state index is 12.1. The third kappa shape index (κ3) is 3.33. The lowest BCUT2D eigenvalue weighted by atomic mass is 10.4. The van der Waals surface area contributed by atoms with Crippen LogP contribution in [0.5, 0.6) is 0 Å². The summed E-state index contributed by atoms with van der Waals surface area (Å²) in [7, 11) is -2.30. The molecule has 1 N–H and O–H groups in total. The number of aliphatic hydroxyl groups excluding tert-OH is 1. The molecule has 0 saturated heterocycles. The number of benzene rings is 1. The maximum atomic E-state index is 12.1. The first kappa shape index (κ1) is 14.7. The van der Waals surface area contributed by atoms with Crippen LogP contribution in [0.2, 0.25) is 10.0 Å². The molecule has 0 spiro atoms. The van der Waals surface area contributed by atoms with Crippen LogP contribution in [0, 0.1) is 0 Å². The second-order valence-electron chi connectivity index (χ2n) is 3.66. The second-order valence-corrected chi connectivity index (χ2v) is 6.53. The Kier molecular flexibility index (Phi) is 4.80. The number of sulfonamides is 1. The van der Waals surface area contributed by atoms with Crippen LogP contribution in [0.15, 0.2) is 23.1 Å². The minimum Gasteiger partial charge on any atom is -0.395 e. The summed E-state index contributed by atoms with van der Waals surface area (Å²) in [4.78, 5) is 0.0119. The van der Waals surface area contributed by atoms with Crippen LogP contribution in [0.3, 0.4) is 0 Å². The molecule has 0 aromatic heterocycles. The zero-order valence-corrected chi connectivity index (χ0v) is 11.7. The lowest BCUT2D eigenvalue weighted by molar-refractivity contribution is 0.214. The molecule has 1 aromatic rings. The van der Waals surface area contributed by atoms with Gasteiger partial charge < -0.3 is 5.11 Å². The predicted octanol–water partition coefficient (Wildman–Crippen LogP) is 1.99. The highest BCUT2D eigenvalue weighted by Crippen LogP contribution is 2.24. The van der Waals surface area contributed by atoms with Gasteiger partial charge in [-0.1, -0.05) is 23.2 Å². The first-order valence-corrected chi connectivity index (χ1v) is 7.03. The molecule has 0 aliphatic carbocycles. The molecule has 0 amide bonds. The number of rotatable bonds is 4. The number of likely N-dealkylation sites (N-methyl/N-ethyl adjacent to an activating group) is 1. The lowest BCUT2D eigenvalue weighted by Gasteiger charge is -2.22. The fourth-order valence-corrected chi connectivity index (χ4v) is 3.28. The van der Waals surface area contributed by atoms with Gasteiger partial charge in [-0.3, -0.25) is 0 Å². The van der Waals surface area contributed by atoms with Crippen molar-refractivity contribution in [3.63, 3.8) is 0 Å². The van der Waals surface area contributed by atoms with Gasteiger partial charge in [-0.15, -0.1) is 0 Å². The molecule has 0 heterocycles. The summed E-state index contributed by atoms with van der Waals surface area (Å²) >= 11 is 11.5. The van der Waals surface area contributed by atoms with Gasteiger partial charge in [0.25, 0.3) is 0 Å². The molecule has 0 aliphatic rings. The molecule has 0 bridgehead atoms. The Morgan fingerprint density at radius 2 is 1.76 bits per heavy atom. The Morgan fingerprint density at radius 3 is 2.18 bits per heavy atom. The van der Waals surface area contributed by atoms with Gasteiger partial charge >= 0.3 is 0 Å². The largest absolute Gasteiger partial charge is 0.395 e. The van der Waals surface area contributed by atoms with Crippen LogP contribution in [0.1, 0.15) is 6.92 Å². The molecule has 0 radical (unpaired) electrons. The van der Waals surface area contributed by atoms with Gasteiger partial charge in [-0.2, -0.15) is 4.31 Å². The van der Waals surface area contributed by atoms with E-state index in [1.54, 1.807) is 6.92 Å². The van der Waals surface area contributed by atoms with E-state index in [0.717, 1.165) is 4.31 Å². The minimum absolute atomic E-state index is 0.0119. The van der Waals surface area contributed by atoms with Crippen LogP contribution in [0.25, 0.3) is 0 Å².